The van der Waals surface area contributed by atoms with E-state index in [0.29, 0.717) is 0 Å². The van der Waals surface area contributed by atoms with Gasteiger partial charge in [0.1, 0.15) is 0 Å². The van der Waals surface area contributed by atoms with Crippen LogP contribution in [0.25, 0.3) is 0 Å². The highest BCUT2D eigenvalue weighted by atomic mass is 16.6. The summed E-state index contributed by atoms with van der Waals surface area (Å²) >= 11 is 0. The number of nitro groups is 1. The first kappa shape index (κ1) is 15.7. The number of non-ortho nitro benzene ring substituents is 1. The van der Waals surface area contributed by atoms with Crippen molar-refractivity contribution in [3.8, 4) is 0 Å². The van der Waals surface area contributed by atoms with Crippen molar-refractivity contribution in [2.24, 2.45) is 23.7 Å². The van der Waals surface area contributed by atoms with Crippen LogP contribution in [-0.2, 0) is 14.3 Å². The molecule has 2 bridgehead atoms. The van der Waals surface area contributed by atoms with Gasteiger partial charge in [-0.05, 0) is 37.2 Å². The van der Waals surface area contributed by atoms with Gasteiger partial charge in [0.25, 0.3) is 5.69 Å². The monoisotopic (exact) mass is 344 g/mol. The van der Waals surface area contributed by atoms with Crippen LogP contribution in [0.4, 0.5) is 11.4 Å². The van der Waals surface area contributed by atoms with E-state index in [4.69, 9.17) is 4.74 Å². The van der Waals surface area contributed by atoms with Crippen LogP contribution in [0.5, 0.6) is 0 Å². The molecule has 0 spiro atoms. The molecule has 3 fully saturated rings. The molecule has 0 radical (unpaired) electrons. The van der Waals surface area contributed by atoms with Crippen LogP contribution < -0.4 is 4.90 Å². The van der Waals surface area contributed by atoms with E-state index in [1.807, 2.05) is 0 Å². The van der Waals surface area contributed by atoms with Crippen LogP contribution in [0.2, 0.25) is 0 Å². The third-order valence-electron chi connectivity index (χ3n) is 5.77. The summed E-state index contributed by atoms with van der Waals surface area (Å²) in [5.74, 6) is -1.80. The summed E-state index contributed by atoms with van der Waals surface area (Å²) in [4.78, 5) is 49.3. The van der Waals surface area contributed by atoms with Crippen LogP contribution >= 0.6 is 0 Å². The molecule has 2 aliphatic carbocycles. The van der Waals surface area contributed by atoms with E-state index in [9.17, 15) is 24.5 Å². The fraction of sp³-hybridized carbons (Fsp3) is 0.471. The Morgan fingerprint density at radius 3 is 2.32 bits per heavy atom. The highest BCUT2D eigenvalue weighted by Crippen LogP contribution is 2.56. The Labute approximate surface area is 142 Å². The van der Waals surface area contributed by atoms with E-state index in [0.717, 1.165) is 36.3 Å². The average molecular weight is 344 g/mol. The maximum absolute atomic E-state index is 12.9. The van der Waals surface area contributed by atoms with Crippen molar-refractivity contribution in [3.05, 3.63) is 33.9 Å². The second-order valence-electron chi connectivity index (χ2n) is 6.85. The zero-order valence-corrected chi connectivity index (χ0v) is 13.5. The predicted molar refractivity (Wildman–Crippen MR) is 84.7 cm³/mol. The number of anilines is 1. The molecule has 2 saturated carbocycles. The Balaban J connectivity index is 1.82. The first-order valence-corrected chi connectivity index (χ1v) is 8.18. The fourth-order valence-electron chi connectivity index (χ4n) is 4.75. The van der Waals surface area contributed by atoms with Crippen molar-refractivity contribution in [1.29, 1.82) is 0 Å². The maximum atomic E-state index is 12.9. The highest BCUT2D eigenvalue weighted by Gasteiger charge is 2.61. The number of imide groups is 1. The van der Waals surface area contributed by atoms with E-state index in [1.54, 1.807) is 0 Å². The summed E-state index contributed by atoms with van der Waals surface area (Å²) in [7, 11) is 1.18. The van der Waals surface area contributed by atoms with Crippen molar-refractivity contribution in [2.75, 3.05) is 12.0 Å². The normalized spacial score (nSPS) is 29.9. The lowest BCUT2D eigenvalue weighted by molar-refractivity contribution is -0.384. The van der Waals surface area contributed by atoms with Gasteiger partial charge in [-0.2, -0.15) is 0 Å². The molecule has 4 rings (SSSR count). The lowest BCUT2D eigenvalue weighted by Gasteiger charge is -2.19. The second-order valence-corrected chi connectivity index (χ2v) is 6.85. The van der Waals surface area contributed by atoms with E-state index >= 15 is 0 Å². The summed E-state index contributed by atoms with van der Waals surface area (Å²) in [6.07, 6.45) is 2.74. The van der Waals surface area contributed by atoms with Crippen molar-refractivity contribution < 1.29 is 24.0 Å². The summed E-state index contributed by atoms with van der Waals surface area (Å²) in [6, 6.07) is 3.48. The van der Waals surface area contributed by atoms with Gasteiger partial charge in [-0.25, -0.2) is 9.69 Å². The van der Waals surface area contributed by atoms with Gasteiger partial charge in [-0.15, -0.1) is 0 Å². The number of hydrogen-bond acceptors (Lipinski definition) is 6. The Morgan fingerprint density at radius 2 is 1.80 bits per heavy atom. The molecule has 8 heteroatoms. The molecule has 1 aromatic carbocycles. The van der Waals surface area contributed by atoms with E-state index in [2.05, 4.69) is 0 Å². The Kier molecular flexibility index (Phi) is 3.38. The van der Waals surface area contributed by atoms with Gasteiger partial charge in [0, 0.05) is 12.1 Å². The van der Waals surface area contributed by atoms with Crippen molar-refractivity contribution in [2.45, 2.75) is 19.3 Å². The topological polar surface area (TPSA) is 107 Å². The standard InChI is InChI=1S/C17H16N2O6/c1-25-17(22)11-5-4-10(19(23)24)7-12(11)18-15(20)13-8-2-3-9(6-8)14(13)16(18)21/h4-5,7-9,13-14H,2-3,6H2,1H3/t8-,9-,13+,14+/m0/s1. The lowest BCUT2D eigenvalue weighted by Crippen LogP contribution is -2.34. The molecule has 130 valence electrons. The minimum atomic E-state index is -0.745. The number of hydrogen-bond donors (Lipinski definition) is 0. The number of rotatable bonds is 3. The number of nitro benzene ring substituents is 1. The van der Waals surface area contributed by atoms with E-state index in [-0.39, 0.29) is 52.4 Å². The van der Waals surface area contributed by atoms with Gasteiger partial charge < -0.3 is 4.74 Å². The maximum Gasteiger partial charge on any atom is 0.340 e. The summed E-state index contributed by atoms with van der Waals surface area (Å²) in [5, 5.41) is 11.1. The largest absolute Gasteiger partial charge is 0.465 e. The molecule has 1 saturated heterocycles. The highest BCUT2D eigenvalue weighted by molar-refractivity contribution is 6.24. The number of amides is 2. The SMILES string of the molecule is COC(=O)c1ccc([N+](=O)[O-])cc1N1C(=O)[C@@H]2[C@H]3CC[C@@H](C3)[C@H]2C1=O. The van der Waals surface area contributed by atoms with Gasteiger partial charge in [0.15, 0.2) is 0 Å². The number of ether oxygens (including phenoxy) is 1. The van der Waals surface area contributed by atoms with Crippen molar-refractivity contribution in [1.82, 2.24) is 0 Å². The molecule has 1 aromatic rings. The summed E-state index contributed by atoms with van der Waals surface area (Å²) in [5.41, 5.74) is -0.366. The predicted octanol–water partition coefficient (Wildman–Crippen LogP) is 1.92. The third kappa shape index (κ3) is 2.09. The zero-order valence-electron chi connectivity index (χ0n) is 13.5. The molecular weight excluding hydrogens is 328 g/mol. The van der Waals surface area contributed by atoms with E-state index in [1.165, 1.54) is 13.2 Å². The second kappa shape index (κ2) is 5.37. The molecule has 0 aromatic heterocycles. The van der Waals surface area contributed by atoms with Gasteiger partial charge in [-0.3, -0.25) is 19.7 Å². The molecule has 8 nitrogen and oxygen atoms in total. The van der Waals surface area contributed by atoms with Crippen LogP contribution in [-0.4, -0.2) is 29.8 Å². The van der Waals surface area contributed by atoms with E-state index < -0.39 is 10.9 Å². The Morgan fingerprint density at radius 1 is 1.20 bits per heavy atom. The molecule has 1 aliphatic heterocycles. The Bertz CT molecular complexity index is 791. The number of methoxy groups -OCH3 is 1. The number of nitrogens with zero attached hydrogens (tertiary/aromatic N) is 2. The van der Waals surface area contributed by atoms with Crippen LogP contribution in [0.3, 0.4) is 0 Å². The first-order valence-electron chi connectivity index (χ1n) is 8.18. The first-order chi connectivity index (χ1) is 11.9. The van der Waals surface area contributed by atoms with Gasteiger partial charge in [0.2, 0.25) is 11.8 Å². The molecule has 1 heterocycles. The average Bonchev–Trinajstić information content (AvgIpc) is 3.27. The summed E-state index contributed by atoms with van der Waals surface area (Å²) in [6.45, 7) is 0. The number of carbonyl (C=O) groups is 3. The molecule has 0 unspecified atom stereocenters. The van der Waals surface area contributed by atoms with Gasteiger partial charge in [-0.1, -0.05) is 0 Å². The zero-order chi connectivity index (χ0) is 17.9. The van der Waals surface area contributed by atoms with Crippen LogP contribution in [0, 0.1) is 33.8 Å². The number of carbonyl (C=O) groups excluding carboxylic acids is 3. The summed E-state index contributed by atoms with van der Waals surface area (Å²) < 4.78 is 4.70. The third-order valence-corrected chi connectivity index (χ3v) is 5.77. The van der Waals surface area contributed by atoms with Crippen molar-refractivity contribution in [3.63, 3.8) is 0 Å². The molecule has 4 atom stereocenters. The smallest absolute Gasteiger partial charge is 0.340 e. The Hall–Kier alpha value is -2.77. The lowest BCUT2D eigenvalue weighted by atomic mass is 9.81. The fourth-order valence-corrected chi connectivity index (χ4v) is 4.75. The number of benzene rings is 1. The molecule has 0 N–H and O–H groups in total. The van der Waals surface area contributed by atoms with Crippen LogP contribution in [0.15, 0.2) is 18.2 Å². The van der Waals surface area contributed by atoms with Gasteiger partial charge >= 0.3 is 5.97 Å². The minimum absolute atomic E-state index is 0.0258. The quantitative estimate of drug-likeness (QED) is 0.359. The number of fused-ring (bicyclic) bond motifs is 5. The molecular formula is C17H16N2O6. The molecule has 3 aliphatic rings. The van der Waals surface area contributed by atoms with Gasteiger partial charge in [0.05, 0.1) is 35.1 Å². The van der Waals surface area contributed by atoms with Crippen molar-refractivity contribution >= 4 is 29.2 Å². The number of esters is 1. The molecule has 2 amide bonds. The van der Waals surface area contributed by atoms with Crippen LogP contribution in [0.1, 0.15) is 29.6 Å². The molecule has 25 heavy (non-hydrogen) atoms. The minimum Gasteiger partial charge on any atom is -0.465 e.